The maximum absolute atomic E-state index is 14.6. The Balaban J connectivity index is 1.32. The lowest BCUT2D eigenvalue weighted by molar-refractivity contribution is -0.133. The zero-order valence-corrected chi connectivity index (χ0v) is 21.7. The molecule has 0 bridgehead atoms. The topological polar surface area (TPSA) is 84.7 Å². The average Bonchev–Trinajstić information content (AvgIpc) is 3.64. The molecule has 3 heterocycles. The van der Waals surface area contributed by atoms with Gasteiger partial charge in [-0.1, -0.05) is 18.2 Å². The fourth-order valence-corrected chi connectivity index (χ4v) is 4.71. The molecule has 5 rings (SSSR count). The van der Waals surface area contributed by atoms with Crippen LogP contribution in [0.5, 0.6) is 11.5 Å². The Morgan fingerprint density at radius 1 is 0.923 bits per heavy atom. The smallest absolute Gasteiger partial charge is 0.257 e. The average molecular weight is 538 g/mol. The van der Waals surface area contributed by atoms with Crippen LogP contribution in [-0.4, -0.2) is 79.2 Å². The number of rotatable bonds is 11. The molecule has 1 aromatic heterocycles. The largest absolute Gasteiger partial charge is 0.467 e. The van der Waals surface area contributed by atoms with Crippen molar-refractivity contribution in [1.29, 1.82) is 0 Å². The SMILES string of the molecule is O=C(CN(CCCN1CCOCC1)C(=O)c1ccccc1F)N(Cc1ccc2c(c1)OCO2)Cc1ccco1. The first-order valence-electron chi connectivity index (χ1n) is 13.1. The van der Waals surface area contributed by atoms with Crippen molar-refractivity contribution in [2.75, 3.05) is 52.7 Å². The molecule has 0 unspecified atom stereocenters. The van der Waals surface area contributed by atoms with E-state index in [0.717, 1.165) is 25.2 Å². The molecular formula is C29H32FN3O6. The van der Waals surface area contributed by atoms with Gasteiger partial charge < -0.3 is 28.4 Å². The maximum atomic E-state index is 14.6. The number of benzene rings is 2. The summed E-state index contributed by atoms with van der Waals surface area (Å²) in [4.78, 5) is 32.5. The number of carbonyl (C=O) groups excluding carboxylic acids is 2. The van der Waals surface area contributed by atoms with Gasteiger partial charge >= 0.3 is 0 Å². The van der Waals surface area contributed by atoms with Crippen molar-refractivity contribution in [2.45, 2.75) is 19.5 Å². The van der Waals surface area contributed by atoms with Gasteiger partial charge in [-0.25, -0.2) is 4.39 Å². The summed E-state index contributed by atoms with van der Waals surface area (Å²) in [6, 6.07) is 14.9. The van der Waals surface area contributed by atoms with E-state index in [2.05, 4.69) is 4.90 Å². The molecule has 9 nitrogen and oxygen atoms in total. The van der Waals surface area contributed by atoms with Crippen LogP contribution in [0.1, 0.15) is 28.1 Å². The van der Waals surface area contributed by atoms with Crippen LogP contribution in [0, 0.1) is 5.82 Å². The molecule has 0 atom stereocenters. The second-order valence-electron chi connectivity index (χ2n) is 9.53. The summed E-state index contributed by atoms with van der Waals surface area (Å²) in [5.41, 5.74) is 0.795. The zero-order valence-electron chi connectivity index (χ0n) is 21.7. The molecule has 0 radical (unpaired) electrons. The Kier molecular flexibility index (Phi) is 8.75. The normalized spacial score (nSPS) is 14.8. The van der Waals surface area contributed by atoms with Gasteiger partial charge in [-0.2, -0.15) is 0 Å². The lowest BCUT2D eigenvalue weighted by Gasteiger charge is -2.30. The van der Waals surface area contributed by atoms with Gasteiger partial charge in [0.2, 0.25) is 12.7 Å². The third-order valence-corrected chi connectivity index (χ3v) is 6.81. The van der Waals surface area contributed by atoms with E-state index in [-0.39, 0.29) is 37.9 Å². The third kappa shape index (κ3) is 6.96. The molecule has 0 saturated carbocycles. The molecule has 2 aliphatic heterocycles. The van der Waals surface area contributed by atoms with Crippen LogP contribution in [-0.2, 0) is 22.6 Å². The molecular weight excluding hydrogens is 505 g/mol. The summed E-state index contributed by atoms with van der Waals surface area (Å²) in [6.45, 7) is 4.53. The van der Waals surface area contributed by atoms with Gasteiger partial charge in [0.15, 0.2) is 11.5 Å². The minimum absolute atomic E-state index is 0.0509. The van der Waals surface area contributed by atoms with Crippen LogP contribution < -0.4 is 9.47 Å². The fourth-order valence-electron chi connectivity index (χ4n) is 4.71. The van der Waals surface area contributed by atoms with E-state index in [1.807, 2.05) is 18.2 Å². The Bertz CT molecular complexity index is 1260. The summed E-state index contributed by atoms with van der Waals surface area (Å²) in [7, 11) is 0. The number of hydrogen-bond donors (Lipinski definition) is 0. The highest BCUT2D eigenvalue weighted by Crippen LogP contribution is 2.33. The molecule has 0 spiro atoms. The van der Waals surface area contributed by atoms with E-state index in [0.29, 0.717) is 43.4 Å². The lowest BCUT2D eigenvalue weighted by Crippen LogP contribution is -2.44. The van der Waals surface area contributed by atoms with Gasteiger partial charge in [-0.15, -0.1) is 0 Å². The van der Waals surface area contributed by atoms with Crippen LogP contribution in [0.15, 0.2) is 65.3 Å². The first-order valence-corrected chi connectivity index (χ1v) is 13.1. The molecule has 2 amide bonds. The van der Waals surface area contributed by atoms with Gasteiger partial charge in [0.1, 0.15) is 18.1 Å². The first kappa shape index (κ1) is 26.7. The number of ether oxygens (including phenoxy) is 3. The quantitative estimate of drug-likeness (QED) is 0.370. The molecule has 1 saturated heterocycles. The molecule has 206 valence electrons. The third-order valence-electron chi connectivity index (χ3n) is 6.81. The van der Waals surface area contributed by atoms with Gasteiger partial charge in [-0.3, -0.25) is 14.5 Å². The van der Waals surface area contributed by atoms with Crippen molar-refractivity contribution >= 4 is 11.8 Å². The minimum atomic E-state index is -0.610. The molecule has 39 heavy (non-hydrogen) atoms. The number of furan rings is 1. The van der Waals surface area contributed by atoms with Crippen LogP contribution in [0.25, 0.3) is 0 Å². The number of halogens is 1. The van der Waals surface area contributed by atoms with E-state index < -0.39 is 11.7 Å². The summed E-state index contributed by atoms with van der Waals surface area (Å²) in [5.74, 6) is 0.496. The number of morpholine rings is 1. The van der Waals surface area contributed by atoms with Crippen molar-refractivity contribution in [1.82, 2.24) is 14.7 Å². The highest BCUT2D eigenvalue weighted by molar-refractivity contribution is 5.96. The second-order valence-corrected chi connectivity index (χ2v) is 9.53. The first-order chi connectivity index (χ1) is 19.1. The molecule has 2 aromatic carbocycles. The van der Waals surface area contributed by atoms with Crippen molar-refractivity contribution < 1.29 is 32.6 Å². The minimum Gasteiger partial charge on any atom is -0.467 e. The molecule has 1 fully saturated rings. The van der Waals surface area contributed by atoms with E-state index in [1.54, 1.807) is 29.4 Å². The standard InChI is InChI=1S/C29H32FN3O6/c30-25-7-2-1-6-24(25)29(35)32(11-4-10-31-12-15-36-16-13-31)20-28(34)33(19-23-5-3-14-37-23)18-22-8-9-26-27(17-22)39-21-38-26/h1-3,5-9,14,17H,4,10-13,15-16,18-21H2. The van der Waals surface area contributed by atoms with Crippen molar-refractivity contribution in [3.05, 3.63) is 83.6 Å². The van der Waals surface area contributed by atoms with Crippen molar-refractivity contribution in [3.63, 3.8) is 0 Å². The Hall–Kier alpha value is -3.89. The fraction of sp³-hybridized carbons (Fsp3) is 0.379. The molecule has 10 heteroatoms. The van der Waals surface area contributed by atoms with Gasteiger partial charge in [0.25, 0.3) is 5.91 Å². The van der Waals surface area contributed by atoms with Crippen molar-refractivity contribution in [3.8, 4) is 11.5 Å². The molecule has 3 aromatic rings. The van der Waals surface area contributed by atoms with Crippen LogP contribution >= 0.6 is 0 Å². The highest BCUT2D eigenvalue weighted by atomic mass is 19.1. The number of amides is 2. The summed E-state index contributed by atoms with van der Waals surface area (Å²) >= 11 is 0. The summed E-state index contributed by atoms with van der Waals surface area (Å²) in [6.07, 6.45) is 2.20. The van der Waals surface area contributed by atoms with Gasteiger partial charge in [0, 0.05) is 32.7 Å². The maximum Gasteiger partial charge on any atom is 0.257 e. The van der Waals surface area contributed by atoms with Gasteiger partial charge in [0.05, 0.1) is 31.6 Å². The Labute approximate surface area is 226 Å². The van der Waals surface area contributed by atoms with E-state index >= 15 is 0 Å². The van der Waals surface area contributed by atoms with Crippen molar-refractivity contribution in [2.24, 2.45) is 0 Å². The number of carbonyl (C=O) groups is 2. The van der Waals surface area contributed by atoms with E-state index in [9.17, 15) is 14.0 Å². The predicted molar refractivity (Wildman–Crippen MR) is 140 cm³/mol. The van der Waals surface area contributed by atoms with E-state index in [1.165, 1.54) is 23.1 Å². The van der Waals surface area contributed by atoms with Crippen LogP contribution in [0.3, 0.4) is 0 Å². The predicted octanol–water partition coefficient (Wildman–Crippen LogP) is 3.54. The number of hydrogen-bond acceptors (Lipinski definition) is 7. The highest BCUT2D eigenvalue weighted by Gasteiger charge is 2.26. The van der Waals surface area contributed by atoms with Gasteiger partial charge in [-0.05, 0) is 48.4 Å². The summed E-state index contributed by atoms with van der Waals surface area (Å²) in [5, 5.41) is 0. The summed E-state index contributed by atoms with van der Waals surface area (Å²) < 4.78 is 36.4. The van der Waals surface area contributed by atoms with E-state index in [4.69, 9.17) is 18.6 Å². The van der Waals surface area contributed by atoms with Crippen LogP contribution in [0.2, 0.25) is 0 Å². The number of fused-ring (bicyclic) bond motifs is 1. The molecule has 0 N–H and O–H groups in total. The zero-order chi connectivity index (χ0) is 27.0. The second kappa shape index (κ2) is 12.8. The Morgan fingerprint density at radius 3 is 2.54 bits per heavy atom. The molecule has 2 aliphatic rings. The lowest BCUT2D eigenvalue weighted by atomic mass is 10.1. The molecule has 0 aliphatic carbocycles. The van der Waals surface area contributed by atoms with Crippen LogP contribution in [0.4, 0.5) is 4.39 Å². The number of nitrogens with zero attached hydrogens (tertiary/aromatic N) is 3. The monoisotopic (exact) mass is 537 g/mol. The Morgan fingerprint density at radius 2 is 1.74 bits per heavy atom.